The highest BCUT2D eigenvalue weighted by atomic mass is 19.4. The summed E-state index contributed by atoms with van der Waals surface area (Å²) in [7, 11) is 0. The minimum Gasteiger partial charge on any atom is -0.481 e. The number of benzene rings is 2. The molecule has 4 rings (SSSR count). The molecule has 0 fully saturated rings. The number of aliphatic carboxylic acids is 1. The van der Waals surface area contributed by atoms with Gasteiger partial charge in [0.2, 0.25) is 0 Å². The minimum absolute atomic E-state index is 0.176. The Balaban J connectivity index is 1.79. The Morgan fingerprint density at radius 1 is 1.20 bits per heavy atom. The van der Waals surface area contributed by atoms with Crippen molar-refractivity contribution in [2.45, 2.75) is 86.5 Å². The lowest BCUT2D eigenvalue weighted by atomic mass is 9.69. The molecule has 2 atom stereocenters. The molecule has 3 aromatic rings. The summed E-state index contributed by atoms with van der Waals surface area (Å²) in [4.78, 5) is 14.8. The zero-order valence-electron chi connectivity index (χ0n) is 27.4. The Bertz CT molecular complexity index is 1650. The van der Waals surface area contributed by atoms with E-state index in [4.69, 9.17) is 0 Å². The van der Waals surface area contributed by atoms with Crippen LogP contribution in [0.5, 0.6) is 0 Å². The average Bonchev–Trinajstić information content (AvgIpc) is 3.32. The number of carboxylic acids is 1. The smallest absolute Gasteiger partial charge is 0.416 e. The Labute approximate surface area is 264 Å². The van der Waals surface area contributed by atoms with Crippen LogP contribution in [-0.2, 0) is 30.5 Å². The first-order valence-corrected chi connectivity index (χ1v) is 15.6. The van der Waals surface area contributed by atoms with E-state index in [0.717, 1.165) is 45.3 Å². The lowest BCUT2D eigenvalue weighted by molar-refractivity contribution is -0.147. The third-order valence-electron chi connectivity index (χ3n) is 9.49. The first kappa shape index (κ1) is 34.2. The first-order valence-electron chi connectivity index (χ1n) is 15.6. The number of nitrogens with zero attached hydrogens (tertiary/aromatic N) is 4. The van der Waals surface area contributed by atoms with Gasteiger partial charge in [0.05, 0.1) is 16.5 Å². The molecule has 0 spiro atoms. The van der Waals surface area contributed by atoms with Gasteiger partial charge in [-0.1, -0.05) is 61.1 Å². The van der Waals surface area contributed by atoms with Crippen molar-refractivity contribution < 1.29 is 23.1 Å². The van der Waals surface area contributed by atoms with Crippen LogP contribution >= 0.6 is 0 Å². The Morgan fingerprint density at radius 2 is 1.91 bits per heavy atom. The Kier molecular flexibility index (Phi) is 10.1. The zero-order valence-corrected chi connectivity index (χ0v) is 27.4. The van der Waals surface area contributed by atoms with Gasteiger partial charge in [0, 0.05) is 32.1 Å². The van der Waals surface area contributed by atoms with Crippen molar-refractivity contribution in [1.29, 1.82) is 0 Å². The van der Waals surface area contributed by atoms with Crippen molar-refractivity contribution in [2.75, 3.05) is 13.1 Å². The van der Waals surface area contributed by atoms with E-state index in [9.17, 15) is 23.1 Å². The third-order valence-corrected chi connectivity index (χ3v) is 9.49. The van der Waals surface area contributed by atoms with Gasteiger partial charge in [0.25, 0.3) is 0 Å². The maximum atomic E-state index is 14.1. The summed E-state index contributed by atoms with van der Waals surface area (Å²) in [5, 5.41) is 19.0. The number of carbonyl (C=O) groups is 1. The summed E-state index contributed by atoms with van der Waals surface area (Å²) < 4.78 is 44.1. The van der Waals surface area contributed by atoms with Crippen LogP contribution < -0.4 is 0 Å². The number of carboxylic acid groups (broad SMARTS) is 1. The third kappa shape index (κ3) is 6.93. The van der Waals surface area contributed by atoms with Gasteiger partial charge in [-0.05, 0) is 99.4 Å². The number of hydrogen-bond donors (Lipinski definition) is 1. The summed E-state index contributed by atoms with van der Waals surface area (Å²) in [5.41, 5.74) is 5.01. The molecule has 2 aromatic carbocycles. The predicted molar refractivity (Wildman–Crippen MR) is 173 cm³/mol. The van der Waals surface area contributed by atoms with Gasteiger partial charge in [-0.15, -0.1) is 5.10 Å². The van der Waals surface area contributed by atoms with Crippen molar-refractivity contribution in [1.82, 2.24) is 19.9 Å². The van der Waals surface area contributed by atoms with E-state index < -0.39 is 29.0 Å². The molecule has 1 aromatic heterocycles. The van der Waals surface area contributed by atoms with Crippen molar-refractivity contribution in [3.63, 3.8) is 0 Å². The number of hydrogen-bond acceptors (Lipinski definition) is 4. The number of rotatable bonds is 10. The number of aromatic nitrogens is 3. The van der Waals surface area contributed by atoms with Gasteiger partial charge < -0.3 is 5.11 Å². The summed E-state index contributed by atoms with van der Waals surface area (Å²) >= 11 is 0. The topological polar surface area (TPSA) is 71.2 Å². The van der Waals surface area contributed by atoms with Crippen LogP contribution in [-0.4, -0.2) is 44.1 Å². The van der Waals surface area contributed by atoms with E-state index in [2.05, 4.69) is 28.7 Å². The molecular weight excluding hydrogens is 577 g/mol. The molecule has 2 heterocycles. The molecule has 0 amide bonds. The summed E-state index contributed by atoms with van der Waals surface area (Å²) in [6.45, 7) is 19.6. The largest absolute Gasteiger partial charge is 0.481 e. The molecule has 0 saturated carbocycles. The molecule has 0 saturated heterocycles. The van der Waals surface area contributed by atoms with Gasteiger partial charge in [0.1, 0.15) is 5.52 Å². The quantitative estimate of drug-likeness (QED) is 0.230. The van der Waals surface area contributed by atoms with Crippen LogP contribution in [0.3, 0.4) is 0 Å². The maximum absolute atomic E-state index is 14.1. The van der Waals surface area contributed by atoms with Crippen LogP contribution in [0.15, 0.2) is 65.8 Å². The van der Waals surface area contributed by atoms with E-state index in [1.165, 1.54) is 12.1 Å². The molecular formula is C36H45F3N4O2. The van der Waals surface area contributed by atoms with Gasteiger partial charge in [0.15, 0.2) is 0 Å². The normalized spacial score (nSPS) is 17.7. The summed E-state index contributed by atoms with van der Waals surface area (Å²) in [5.74, 6) is -1.36. The van der Waals surface area contributed by atoms with Crippen molar-refractivity contribution in [3.8, 4) is 0 Å². The van der Waals surface area contributed by atoms with E-state index in [0.29, 0.717) is 37.2 Å². The highest BCUT2D eigenvalue weighted by molar-refractivity contribution is 5.82. The molecule has 1 aliphatic rings. The standard InChI is InChI=1S/C36H45F3N4O2/c1-9-22(4)27(20-42-19-25(10-2)18-26-13-12-14-30(29(26)21-42)36(37,38)39)17-23(5)32(35(7,8)34(44)45)28-15-16-31-33(24(28)6)40-41-43(31)11-3/h9,12-17,25,32H,5,10-11,18-21H2,1-4,6-8H3,(H,44,45)/b22-9-,27-17-/t25-,32-/m0/s1. The maximum Gasteiger partial charge on any atom is 0.416 e. The molecule has 0 radical (unpaired) electrons. The van der Waals surface area contributed by atoms with Crippen molar-refractivity contribution in [2.24, 2.45) is 11.3 Å². The minimum atomic E-state index is -4.44. The van der Waals surface area contributed by atoms with Gasteiger partial charge in [-0.2, -0.15) is 13.2 Å². The van der Waals surface area contributed by atoms with Crippen LogP contribution in [0.4, 0.5) is 13.2 Å². The fraction of sp³-hybridized carbons (Fsp3) is 0.472. The van der Waals surface area contributed by atoms with E-state index >= 15 is 0 Å². The van der Waals surface area contributed by atoms with Crippen molar-refractivity contribution >= 4 is 17.0 Å². The van der Waals surface area contributed by atoms with Crippen LogP contribution in [0, 0.1) is 18.3 Å². The summed E-state index contributed by atoms with van der Waals surface area (Å²) in [6.07, 6.45) is 0.923. The molecule has 242 valence electrons. The SMILES string of the molecule is C=C(/C=C(CN1Cc2c(cccc2C(F)(F)F)C[C@H](CC)C1)\C(C)=C/C)[C@@H](c1ccc2c(nnn2CC)c1C)C(C)(C)C(=O)O. The van der Waals surface area contributed by atoms with Crippen molar-refractivity contribution in [3.05, 3.63) is 93.6 Å². The van der Waals surface area contributed by atoms with Gasteiger partial charge in [-0.25, -0.2) is 4.68 Å². The molecule has 0 aliphatic carbocycles. The van der Waals surface area contributed by atoms with E-state index in [-0.39, 0.29) is 12.5 Å². The monoisotopic (exact) mass is 622 g/mol. The number of alkyl halides is 3. The van der Waals surface area contributed by atoms with Crippen LogP contribution in [0.1, 0.15) is 81.7 Å². The number of fused-ring (bicyclic) bond motifs is 2. The second kappa shape index (κ2) is 13.3. The van der Waals surface area contributed by atoms with Crippen LogP contribution in [0.25, 0.3) is 11.0 Å². The van der Waals surface area contributed by atoms with Crippen LogP contribution in [0.2, 0.25) is 0 Å². The first-order chi connectivity index (χ1) is 21.1. The second-order valence-corrected chi connectivity index (χ2v) is 12.8. The number of allylic oxidation sites excluding steroid dienone is 3. The van der Waals surface area contributed by atoms with E-state index in [1.54, 1.807) is 18.5 Å². The van der Waals surface area contributed by atoms with E-state index in [1.807, 2.05) is 58.0 Å². The highest BCUT2D eigenvalue weighted by Crippen LogP contribution is 2.44. The lowest BCUT2D eigenvalue weighted by Gasteiger charge is -2.33. The fourth-order valence-corrected chi connectivity index (χ4v) is 6.62. The lowest BCUT2D eigenvalue weighted by Crippen LogP contribution is -2.33. The number of halogens is 3. The molecule has 45 heavy (non-hydrogen) atoms. The summed E-state index contributed by atoms with van der Waals surface area (Å²) in [6, 6.07) is 8.38. The zero-order chi connectivity index (χ0) is 33.3. The highest BCUT2D eigenvalue weighted by Gasteiger charge is 2.41. The second-order valence-electron chi connectivity index (χ2n) is 12.8. The predicted octanol–water partition coefficient (Wildman–Crippen LogP) is 8.51. The average molecular weight is 623 g/mol. The number of aryl methyl sites for hydroxylation is 2. The Hall–Kier alpha value is -3.72. The Morgan fingerprint density at radius 3 is 2.51 bits per heavy atom. The molecule has 0 unspecified atom stereocenters. The molecule has 6 nitrogen and oxygen atoms in total. The molecule has 1 N–H and O–H groups in total. The molecule has 0 bridgehead atoms. The fourth-order valence-electron chi connectivity index (χ4n) is 6.62. The molecule has 9 heteroatoms. The van der Waals surface area contributed by atoms with Gasteiger partial charge >= 0.3 is 12.1 Å². The molecule has 1 aliphatic heterocycles. The van der Waals surface area contributed by atoms with Gasteiger partial charge in [-0.3, -0.25) is 9.69 Å².